The fourth-order valence-corrected chi connectivity index (χ4v) is 3.08. The third-order valence-electron chi connectivity index (χ3n) is 4.25. The van der Waals surface area contributed by atoms with E-state index < -0.39 is 36.4 Å². The van der Waals surface area contributed by atoms with Gasteiger partial charge in [0.15, 0.2) is 6.29 Å². The topological polar surface area (TPSA) is 96.3 Å². The minimum atomic E-state index is -1.01. The highest BCUT2D eigenvalue weighted by Crippen LogP contribution is 2.32. The van der Waals surface area contributed by atoms with E-state index in [-0.39, 0.29) is 19.6 Å². The zero-order valence-electron chi connectivity index (χ0n) is 13.0. The van der Waals surface area contributed by atoms with E-state index in [1.807, 2.05) is 0 Å². The van der Waals surface area contributed by atoms with E-state index in [0.29, 0.717) is 11.1 Å². The molecule has 2 N–H and O–H groups in total. The number of carbonyl (C=O) groups excluding carboxylic acids is 2. The number of carbonyl (C=O) groups is 2. The molecule has 128 valence electrons. The van der Waals surface area contributed by atoms with Crippen molar-refractivity contribution in [1.82, 2.24) is 4.90 Å². The number of benzene rings is 1. The quantitative estimate of drug-likeness (QED) is 0.595. The van der Waals surface area contributed by atoms with Gasteiger partial charge in [0, 0.05) is 6.42 Å². The van der Waals surface area contributed by atoms with E-state index in [0.717, 1.165) is 4.90 Å². The maximum atomic E-state index is 12.6. The van der Waals surface area contributed by atoms with E-state index in [2.05, 4.69) is 6.58 Å². The largest absolute Gasteiger partial charge is 0.394 e. The van der Waals surface area contributed by atoms with E-state index in [9.17, 15) is 19.8 Å². The number of ether oxygens (including phenoxy) is 2. The lowest BCUT2D eigenvalue weighted by atomic mass is 9.99. The molecule has 2 heterocycles. The second-order valence-corrected chi connectivity index (χ2v) is 5.74. The van der Waals surface area contributed by atoms with Crippen LogP contribution in [-0.4, -0.2) is 64.7 Å². The average Bonchev–Trinajstić information content (AvgIpc) is 2.85. The Kier molecular flexibility index (Phi) is 4.77. The molecule has 2 aliphatic rings. The van der Waals surface area contributed by atoms with Crippen molar-refractivity contribution in [3.63, 3.8) is 0 Å². The van der Waals surface area contributed by atoms with Crippen LogP contribution >= 0.6 is 0 Å². The monoisotopic (exact) mass is 333 g/mol. The van der Waals surface area contributed by atoms with Gasteiger partial charge in [-0.05, 0) is 12.1 Å². The number of amides is 2. The molecule has 1 saturated heterocycles. The summed E-state index contributed by atoms with van der Waals surface area (Å²) in [5, 5.41) is 19.4. The summed E-state index contributed by atoms with van der Waals surface area (Å²) in [4.78, 5) is 26.3. The second-order valence-electron chi connectivity index (χ2n) is 5.74. The van der Waals surface area contributed by atoms with Crippen LogP contribution in [-0.2, 0) is 9.47 Å². The number of aliphatic hydroxyl groups excluding tert-OH is 2. The first-order chi connectivity index (χ1) is 11.6. The predicted molar refractivity (Wildman–Crippen MR) is 83.2 cm³/mol. The zero-order valence-corrected chi connectivity index (χ0v) is 13.0. The van der Waals surface area contributed by atoms with Crippen LogP contribution < -0.4 is 0 Å². The zero-order chi connectivity index (χ0) is 17.3. The Hall–Kier alpha value is -2.06. The maximum Gasteiger partial charge on any atom is 0.261 e. The average molecular weight is 333 g/mol. The third-order valence-corrected chi connectivity index (χ3v) is 4.25. The fraction of sp³-hybridized carbons (Fsp3) is 0.412. The highest BCUT2D eigenvalue weighted by molar-refractivity contribution is 6.21. The van der Waals surface area contributed by atoms with Crippen LogP contribution in [0.3, 0.4) is 0 Å². The van der Waals surface area contributed by atoms with E-state index >= 15 is 0 Å². The van der Waals surface area contributed by atoms with E-state index in [1.165, 1.54) is 6.08 Å². The number of aliphatic hydroxyl groups is 2. The van der Waals surface area contributed by atoms with Crippen molar-refractivity contribution in [2.45, 2.75) is 31.0 Å². The highest BCUT2D eigenvalue weighted by Gasteiger charge is 2.48. The molecule has 7 heteroatoms. The van der Waals surface area contributed by atoms with Crippen molar-refractivity contribution in [1.29, 1.82) is 0 Å². The number of rotatable bonds is 5. The lowest BCUT2D eigenvalue weighted by Crippen LogP contribution is -2.57. The van der Waals surface area contributed by atoms with Gasteiger partial charge in [-0.1, -0.05) is 18.2 Å². The van der Waals surface area contributed by atoms with Crippen LogP contribution in [0.15, 0.2) is 36.9 Å². The Balaban J connectivity index is 1.89. The molecule has 2 aliphatic heterocycles. The molecule has 0 saturated carbocycles. The number of hydrogen-bond donors (Lipinski definition) is 2. The Labute approximate surface area is 139 Å². The molecule has 7 nitrogen and oxygen atoms in total. The molecule has 0 radical (unpaired) electrons. The summed E-state index contributed by atoms with van der Waals surface area (Å²) in [7, 11) is 0. The van der Waals surface area contributed by atoms with Gasteiger partial charge in [0.05, 0.1) is 36.5 Å². The Morgan fingerprint density at radius 2 is 1.92 bits per heavy atom. The van der Waals surface area contributed by atoms with Crippen LogP contribution in [0.25, 0.3) is 0 Å². The smallest absolute Gasteiger partial charge is 0.261 e. The minimum Gasteiger partial charge on any atom is -0.394 e. The number of nitrogens with zero attached hydrogens (tertiary/aromatic N) is 1. The van der Waals surface area contributed by atoms with Gasteiger partial charge in [0.1, 0.15) is 6.10 Å². The van der Waals surface area contributed by atoms with Crippen molar-refractivity contribution in [3.8, 4) is 0 Å². The summed E-state index contributed by atoms with van der Waals surface area (Å²) in [6.45, 7) is 3.32. The first kappa shape index (κ1) is 16.8. The lowest BCUT2D eigenvalue weighted by molar-refractivity contribution is -0.246. The number of imide groups is 1. The van der Waals surface area contributed by atoms with Gasteiger partial charge in [0.2, 0.25) is 0 Å². The number of hydrogen-bond acceptors (Lipinski definition) is 6. The van der Waals surface area contributed by atoms with Crippen molar-refractivity contribution < 1.29 is 29.3 Å². The van der Waals surface area contributed by atoms with Gasteiger partial charge in [-0.2, -0.15) is 0 Å². The van der Waals surface area contributed by atoms with E-state index in [4.69, 9.17) is 9.47 Å². The molecule has 1 aromatic rings. The predicted octanol–water partition coefficient (Wildman–Crippen LogP) is 0.322. The van der Waals surface area contributed by atoms with Gasteiger partial charge < -0.3 is 19.7 Å². The summed E-state index contributed by atoms with van der Waals surface area (Å²) in [6, 6.07) is 5.77. The molecule has 24 heavy (non-hydrogen) atoms. The van der Waals surface area contributed by atoms with Crippen molar-refractivity contribution in [3.05, 3.63) is 48.0 Å². The Bertz CT molecular complexity index is 625. The van der Waals surface area contributed by atoms with Crippen LogP contribution in [0.2, 0.25) is 0 Å². The van der Waals surface area contributed by atoms with Gasteiger partial charge in [-0.25, -0.2) is 0 Å². The molecule has 3 rings (SSSR count). The van der Waals surface area contributed by atoms with Gasteiger partial charge in [-0.3, -0.25) is 14.5 Å². The molecule has 2 amide bonds. The summed E-state index contributed by atoms with van der Waals surface area (Å²) in [6.07, 6.45) is -1.19. The molecule has 1 fully saturated rings. The third kappa shape index (κ3) is 2.76. The first-order valence-electron chi connectivity index (χ1n) is 7.72. The van der Waals surface area contributed by atoms with Gasteiger partial charge in [-0.15, -0.1) is 6.58 Å². The molecular formula is C17H19NO6. The molecule has 0 spiro atoms. The van der Waals surface area contributed by atoms with Crippen LogP contribution in [0, 0.1) is 0 Å². The van der Waals surface area contributed by atoms with Crippen molar-refractivity contribution in [2.75, 3.05) is 13.2 Å². The summed E-state index contributed by atoms with van der Waals surface area (Å²) >= 11 is 0. The number of fused-ring (bicyclic) bond motifs is 1. The standard InChI is InChI=1S/C17H19NO6/c1-2-7-23-17-12(8-13(20)14(9-19)24-17)18-15(21)10-5-3-4-6-11(10)16(18)22/h2-6,12-14,17,19-20H,1,7-9H2/t12-,13-,14+,17-/m0/s1. The molecule has 0 unspecified atom stereocenters. The Morgan fingerprint density at radius 3 is 2.46 bits per heavy atom. The molecule has 0 aliphatic carbocycles. The van der Waals surface area contributed by atoms with Gasteiger partial charge in [0.25, 0.3) is 11.8 Å². The second kappa shape index (κ2) is 6.82. The molecule has 4 atom stereocenters. The molecule has 1 aromatic carbocycles. The van der Waals surface area contributed by atoms with Gasteiger partial charge >= 0.3 is 0 Å². The lowest BCUT2D eigenvalue weighted by Gasteiger charge is -2.41. The normalized spacial score (nSPS) is 29.7. The van der Waals surface area contributed by atoms with Crippen molar-refractivity contribution >= 4 is 11.8 Å². The molecule has 0 aromatic heterocycles. The molecular weight excluding hydrogens is 314 g/mol. The first-order valence-corrected chi connectivity index (χ1v) is 7.72. The summed E-state index contributed by atoms with van der Waals surface area (Å²) in [5.41, 5.74) is 0.646. The minimum absolute atomic E-state index is 0.0680. The Morgan fingerprint density at radius 1 is 1.29 bits per heavy atom. The fourth-order valence-electron chi connectivity index (χ4n) is 3.08. The molecule has 0 bridgehead atoms. The SMILES string of the molecule is C=CCO[C@H]1O[C@H](CO)[C@@H](O)C[C@@H]1N1C(=O)c2ccccc2C1=O. The van der Waals surface area contributed by atoms with Crippen molar-refractivity contribution in [2.24, 2.45) is 0 Å². The maximum absolute atomic E-state index is 12.6. The van der Waals surface area contributed by atoms with Crippen LogP contribution in [0.4, 0.5) is 0 Å². The van der Waals surface area contributed by atoms with E-state index in [1.54, 1.807) is 24.3 Å². The highest BCUT2D eigenvalue weighted by atomic mass is 16.7. The summed E-state index contributed by atoms with van der Waals surface area (Å²) in [5.74, 6) is -0.878. The van der Waals surface area contributed by atoms with Crippen LogP contribution in [0.1, 0.15) is 27.1 Å². The summed E-state index contributed by atoms with van der Waals surface area (Å²) < 4.78 is 11.1. The van der Waals surface area contributed by atoms with Crippen LogP contribution in [0.5, 0.6) is 0 Å².